The van der Waals surface area contributed by atoms with Crippen LogP contribution >= 0.6 is 27.4 Å². The van der Waals surface area contributed by atoms with E-state index in [0.717, 1.165) is 5.56 Å². The average molecular weight is 830 g/mol. The number of carbonyl (C=O) groups is 1. The Labute approximate surface area is 330 Å². The predicted octanol–water partition coefficient (Wildman–Crippen LogP) is 15.3. The maximum absolute atomic E-state index is 8.00. The molecule has 1 aromatic carbocycles. The van der Waals surface area contributed by atoms with Crippen LogP contribution in [-0.2, 0) is 24.3 Å². The van der Waals surface area contributed by atoms with Crippen LogP contribution in [-0.4, -0.2) is 40.7 Å². The molecule has 0 bridgehead atoms. The van der Waals surface area contributed by atoms with Crippen molar-refractivity contribution in [3.63, 3.8) is 0 Å². The molecule has 6 aliphatic carbocycles. The Hall–Kier alpha value is 0.403. The van der Waals surface area contributed by atoms with Crippen LogP contribution < -0.4 is 0 Å². The van der Waals surface area contributed by atoms with E-state index >= 15 is 0 Å². The first-order valence-corrected chi connectivity index (χ1v) is 24.9. The predicted molar refractivity (Wildman–Crippen MR) is 221 cm³/mol. The normalized spacial score (nSPS) is 23.9. The zero-order valence-corrected chi connectivity index (χ0v) is 36.2. The zero-order valence-electron chi connectivity index (χ0n) is 31.9. The SMILES string of the molecule is C1CCC(P(C2CCCCC2)C2CCCCC2)CC1.C1CCC(P(C2CCCCC2)C2CCCCC2)CC1.C=O.ClC=[C-]c1ccccc1.[Ru+]. The zero-order chi connectivity index (χ0) is 34.4. The van der Waals surface area contributed by atoms with Crippen molar-refractivity contribution in [3.05, 3.63) is 47.5 Å². The second-order valence-electron chi connectivity index (χ2n) is 16.3. The molecule has 0 heterocycles. The van der Waals surface area contributed by atoms with Gasteiger partial charge in [0, 0.05) is 0 Å². The molecule has 1 radical (unpaired) electrons. The molecule has 0 amide bonds. The molecule has 1 aromatic rings. The minimum Gasteiger partial charge on any atom is -0.307 e. The van der Waals surface area contributed by atoms with Crippen molar-refractivity contribution in [2.45, 2.75) is 227 Å². The van der Waals surface area contributed by atoms with Gasteiger partial charge in [-0.05, 0) is 111 Å². The largest absolute Gasteiger partial charge is 1.00 e. The maximum Gasteiger partial charge on any atom is 1.00 e. The quantitative estimate of drug-likeness (QED) is 0.152. The second kappa shape index (κ2) is 27.9. The van der Waals surface area contributed by atoms with Crippen LogP contribution in [0.4, 0.5) is 0 Å². The van der Waals surface area contributed by atoms with Crippen LogP contribution in [0.3, 0.4) is 0 Å². The number of benzene rings is 1. The van der Waals surface area contributed by atoms with Gasteiger partial charge in [0.2, 0.25) is 0 Å². The first-order valence-electron chi connectivity index (χ1n) is 21.4. The summed E-state index contributed by atoms with van der Waals surface area (Å²) in [5.41, 5.74) is 9.53. The topological polar surface area (TPSA) is 17.1 Å². The van der Waals surface area contributed by atoms with Crippen LogP contribution in [0, 0.1) is 6.08 Å². The Kier molecular flexibility index (Phi) is 25.0. The summed E-state index contributed by atoms with van der Waals surface area (Å²) < 4.78 is 0. The Morgan fingerprint density at radius 3 is 0.860 bits per heavy atom. The molecule has 50 heavy (non-hydrogen) atoms. The molecule has 0 spiro atoms. The molecular formula is C45H74ClOP2Ru. The van der Waals surface area contributed by atoms with E-state index in [1.165, 1.54) is 78.0 Å². The third-order valence-electron chi connectivity index (χ3n) is 13.0. The van der Waals surface area contributed by atoms with E-state index in [4.69, 9.17) is 16.4 Å². The van der Waals surface area contributed by atoms with Crippen molar-refractivity contribution in [2.75, 3.05) is 0 Å². The van der Waals surface area contributed by atoms with Gasteiger partial charge in [-0.2, -0.15) is 23.8 Å². The maximum atomic E-state index is 8.00. The summed E-state index contributed by atoms with van der Waals surface area (Å²) in [7, 11) is 0.770. The molecule has 6 fully saturated rings. The summed E-state index contributed by atoms with van der Waals surface area (Å²) in [4.78, 5) is 8.00. The molecule has 0 unspecified atom stereocenters. The van der Waals surface area contributed by atoms with Crippen molar-refractivity contribution in [1.82, 2.24) is 0 Å². The molecule has 285 valence electrons. The van der Waals surface area contributed by atoms with Gasteiger partial charge in [0.25, 0.3) is 0 Å². The summed E-state index contributed by atoms with van der Waals surface area (Å²) in [5, 5.41) is 0. The second-order valence-corrected chi connectivity index (χ2v) is 22.7. The summed E-state index contributed by atoms with van der Waals surface area (Å²) >= 11 is 5.30. The van der Waals surface area contributed by atoms with E-state index < -0.39 is 0 Å². The molecular weight excluding hydrogens is 755 g/mol. The van der Waals surface area contributed by atoms with E-state index in [-0.39, 0.29) is 19.5 Å². The Balaban J connectivity index is 0.000000207. The number of carbonyl (C=O) groups excluding carboxylic acids is 1. The molecule has 5 heteroatoms. The van der Waals surface area contributed by atoms with E-state index in [9.17, 15) is 0 Å². The number of halogens is 1. The first kappa shape index (κ1) is 44.8. The number of hydrogen-bond donors (Lipinski definition) is 0. The van der Waals surface area contributed by atoms with Gasteiger partial charge >= 0.3 is 19.5 Å². The van der Waals surface area contributed by atoms with Gasteiger partial charge in [0.05, 0.1) is 0 Å². The van der Waals surface area contributed by atoms with Gasteiger partial charge < -0.3 is 4.79 Å². The van der Waals surface area contributed by atoms with Crippen molar-refractivity contribution in [2.24, 2.45) is 0 Å². The minimum absolute atomic E-state index is 0. The van der Waals surface area contributed by atoms with Crippen LogP contribution in [0.25, 0.3) is 0 Å². The van der Waals surface area contributed by atoms with Crippen LogP contribution in [0.5, 0.6) is 0 Å². The van der Waals surface area contributed by atoms with Gasteiger partial charge in [-0.3, -0.25) is 0 Å². The molecule has 0 aliphatic heterocycles. The molecule has 1 nitrogen and oxygen atoms in total. The summed E-state index contributed by atoms with van der Waals surface area (Å²) in [6.45, 7) is 2.00. The third-order valence-corrected chi connectivity index (χ3v) is 21.2. The fourth-order valence-electron chi connectivity index (χ4n) is 10.7. The van der Waals surface area contributed by atoms with Gasteiger partial charge in [-0.25, -0.2) is 0 Å². The molecule has 0 saturated heterocycles. The smallest absolute Gasteiger partial charge is 0.307 e. The van der Waals surface area contributed by atoms with Crippen molar-refractivity contribution in [1.29, 1.82) is 0 Å². The van der Waals surface area contributed by atoms with Crippen LogP contribution in [0.15, 0.2) is 35.9 Å². The first-order chi connectivity index (χ1) is 24.3. The molecule has 0 atom stereocenters. The summed E-state index contributed by atoms with van der Waals surface area (Å²) in [5.74, 6) is 0. The minimum atomic E-state index is 0. The van der Waals surface area contributed by atoms with Gasteiger partial charge in [0.15, 0.2) is 0 Å². The van der Waals surface area contributed by atoms with Gasteiger partial charge in [-0.15, -0.1) is 23.7 Å². The molecule has 0 aromatic heterocycles. The van der Waals surface area contributed by atoms with E-state index in [1.54, 1.807) is 154 Å². The number of rotatable bonds is 7. The van der Waals surface area contributed by atoms with Crippen molar-refractivity contribution < 1.29 is 24.3 Å². The molecule has 6 aliphatic rings. The van der Waals surface area contributed by atoms with Crippen LogP contribution in [0.2, 0.25) is 0 Å². The van der Waals surface area contributed by atoms with Gasteiger partial charge in [-0.1, -0.05) is 143 Å². The van der Waals surface area contributed by atoms with Crippen molar-refractivity contribution in [3.8, 4) is 0 Å². The van der Waals surface area contributed by atoms with E-state index in [2.05, 4.69) is 6.08 Å². The molecule has 6 saturated carbocycles. The van der Waals surface area contributed by atoms with E-state index in [0.29, 0.717) is 15.8 Å². The van der Waals surface area contributed by atoms with Crippen molar-refractivity contribution >= 4 is 34.2 Å². The fourth-order valence-corrected chi connectivity index (χ4v) is 20.1. The fraction of sp³-hybridized carbons (Fsp3) is 0.800. The Morgan fingerprint density at radius 2 is 0.660 bits per heavy atom. The standard InChI is InChI=1S/2C18H33P.C8H6Cl.CH2O.Ru/c2*1-4-10-16(11-5-1)19(17-12-6-2-7-13-17)18-14-8-3-9-15-18;9-7-6-8-4-2-1-3-5-8;1-2;/h2*16-18H,1-15H2;1-5,7H;1H2;/q;;-1;;+1. The van der Waals surface area contributed by atoms with Gasteiger partial charge in [0.1, 0.15) is 6.79 Å². The third kappa shape index (κ3) is 15.6. The summed E-state index contributed by atoms with van der Waals surface area (Å²) in [6.07, 6.45) is 50.1. The average Bonchev–Trinajstić information content (AvgIpc) is 3.20. The summed E-state index contributed by atoms with van der Waals surface area (Å²) in [6, 6.07) is 9.74. The Bertz CT molecular complexity index is 817. The van der Waals surface area contributed by atoms with E-state index in [1.807, 2.05) is 37.1 Å². The number of hydrogen-bond acceptors (Lipinski definition) is 1. The van der Waals surface area contributed by atoms with Crippen LogP contribution in [0.1, 0.15) is 198 Å². The molecule has 0 N–H and O–H groups in total. The Morgan fingerprint density at radius 1 is 0.440 bits per heavy atom. The molecule has 7 rings (SSSR count). The monoisotopic (exact) mass is 829 g/mol.